The zero-order valence-corrected chi connectivity index (χ0v) is 15.5. The van der Waals surface area contributed by atoms with Crippen molar-refractivity contribution >= 4 is 24.7 Å². The fourth-order valence-corrected chi connectivity index (χ4v) is 4.37. The van der Waals surface area contributed by atoms with Crippen molar-refractivity contribution in [2.45, 2.75) is 32.8 Å². The van der Waals surface area contributed by atoms with Gasteiger partial charge < -0.3 is 28.8 Å². The number of ether oxygens (including phenoxy) is 2. The molecule has 26 heavy (non-hydrogen) atoms. The number of fused-ring (bicyclic) bond motifs is 1. The Balaban J connectivity index is 1.67. The van der Waals surface area contributed by atoms with Gasteiger partial charge in [0, 0.05) is 0 Å². The third kappa shape index (κ3) is 4.13. The molecule has 0 bridgehead atoms. The topological polar surface area (TPSA) is 144 Å². The first-order valence-electron chi connectivity index (χ1n) is 8.30. The fraction of sp³-hybridized carbons (Fsp3) is 0.643. The van der Waals surface area contributed by atoms with E-state index in [1.54, 1.807) is 18.4 Å². The minimum absolute atomic E-state index is 0.0140. The highest BCUT2D eigenvalue weighted by molar-refractivity contribution is 7.53. The highest BCUT2D eigenvalue weighted by Gasteiger charge is 2.35. The van der Waals surface area contributed by atoms with Crippen molar-refractivity contribution in [3.8, 4) is 0 Å². The van der Waals surface area contributed by atoms with E-state index in [9.17, 15) is 9.36 Å². The number of nitrogen functional groups attached to an aromatic ring is 1. The maximum absolute atomic E-state index is 12.6. The lowest BCUT2D eigenvalue weighted by Crippen LogP contribution is -2.22. The maximum Gasteiger partial charge on any atom is 0.335 e. The molecule has 0 radical (unpaired) electrons. The molecule has 0 amide bonds. The average molecular weight is 387 g/mol. The summed E-state index contributed by atoms with van der Waals surface area (Å²) in [4.78, 5) is 22.4. The van der Waals surface area contributed by atoms with Crippen LogP contribution in [0.4, 0.5) is 5.95 Å². The molecule has 3 rings (SSSR count). The molecule has 2 aromatic heterocycles. The van der Waals surface area contributed by atoms with E-state index in [-0.39, 0.29) is 36.9 Å². The van der Waals surface area contributed by atoms with Gasteiger partial charge in [0.1, 0.15) is 12.3 Å². The van der Waals surface area contributed by atoms with Crippen LogP contribution in [0.15, 0.2) is 11.1 Å². The minimum Gasteiger partial charge on any atom is -0.369 e. The van der Waals surface area contributed by atoms with Crippen LogP contribution in [0, 0.1) is 0 Å². The predicted molar refractivity (Wildman–Crippen MR) is 92.9 cm³/mol. The lowest BCUT2D eigenvalue weighted by Gasteiger charge is -2.20. The largest absolute Gasteiger partial charge is 0.369 e. The smallest absolute Gasteiger partial charge is 0.335 e. The van der Waals surface area contributed by atoms with E-state index in [1.807, 2.05) is 0 Å². The molecular weight excluding hydrogens is 365 g/mol. The molecule has 1 fully saturated rings. The zero-order chi connectivity index (χ0) is 18.7. The van der Waals surface area contributed by atoms with Crippen LogP contribution in [0.2, 0.25) is 0 Å². The Labute approximate surface area is 149 Å². The third-order valence-electron chi connectivity index (χ3n) is 3.73. The molecular formula is C14H22N5O6P. The Morgan fingerprint density at radius 2 is 2.15 bits per heavy atom. The van der Waals surface area contributed by atoms with Gasteiger partial charge in [-0.3, -0.25) is 14.3 Å². The first-order chi connectivity index (χ1) is 12.4. The normalized spacial score (nSPS) is 20.8. The van der Waals surface area contributed by atoms with Gasteiger partial charge in [-0.1, -0.05) is 0 Å². The molecule has 1 saturated heterocycles. The van der Waals surface area contributed by atoms with Crippen LogP contribution in [0.1, 0.15) is 13.8 Å². The van der Waals surface area contributed by atoms with Crippen LogP contribution in [0.3, 0.4) is 0 Å². The Kier molecular flexibility index (Phi) is 5.73. The van der Waals surface area contributed by atoms with Gasteiger partial charge in [-0.2, -0.15) is 4.98 Å². The second kappa shape index (κ2) is 7.85. The molecule has 11 nitrogen and oxygen atoms in total. The number of nitrogens with two attached hydrogens (primary N) is 1. The molecule has 0 aliphatic carbocycles. The number of imidazole rings is 1. The van der Waals surface area contributed by atoms with E-state index in [0.717, 1.165) is 0 Å². The van der Waals surface area contributed by atoms with Crippen LogP contribution in [-0.2, 0) is 29.6 Å². The molecule has 144 valence electrons. The molecule has 12 heteroatoms. The second-order valence-corrected chi connectivity index (χ2v) is 7.77. The van der Waals surface area contributed by atoms with Gasteiger partial charge in [0.15, 0.2) is 17.5 Å². The van der Waals surface area contributed by atoms with Crippen molar-refractivity contribution in [2.75, 3.05) is 31.7 Å². The summed E-state index contributed by atoms with van der Waals surface area (Å²) in [6.07, 6.45) is 0.492. The summed E-state index contributed by atoms with van der Waals surface area (Å²) in [6, 6.07) is 0. The van der Waals surface area contributed by atoms with Gasteiger partial charge in [-0.15, -0.1) is 0 Å². The summed E-state index contributed by atoms with van der Waals surface area (Å²) >= 11 is 0. The van der Waals surface area contributed by atoms with Crippen LogP contribution in [-0.4, -0.2) is 57.9 Å². The fourth-order valence-electron chi connectivity index (χ4n) is 2.74. The van der Waals surface area contributed by atoms with E-state index >= 15 is 0 Å². The standard InChI is InChI=1S/C14H22N5O6P/c1-3-23-26(21,24-4-2)7-10-22-6-9(25-10)5-19-8-16-11-12(19)17-14(15)18-13(11)20/h8-10H,3-7H2,1-2H3,(H3,15,17,18,20)/t9-,10-/m0/s1. The second-order valence-electron chi connectivity index (χ2n) is 5.67. The van der Waals surface area contributed by atoms with Crippen LogP contribution in [0.5, 0.6) is 0 Å². The number of H-pyrrole nitrogens is 1. The summed E-state index contributed by atoms with van der Waals surface area (Å²) in [7, 11) is -3.26. The lowest BCUT2D eigenvalue weighted by molar-refractivity contribution is -0.0454. The van der Waals surface area contributed by atoms with Gasteiger partial charge in [-0.05, 0) is 13.8 Å². The Bertz CT molecular complexity index is 857. The molecule has 2 aromatic rings. The molecule has 2 atom stereocenters. The molecule has 0 aromatic carbocycles. The number of aromatic amines is 1. The minimum atomic E-state index is -3.26. The zero-order valence-electron chi connectivity index (χ0n) is 14.6. The van der Waals surface area contributed by atoms with Crippen molar-refractivity contribution in [3.05, 3.63) is 16.7 Å². The van der Waals surface area contributed by atoms with E-state index in [4.69, 9.17) is 24.3 Å². The molecule has 3 N–H and O–H groups in total. The lowest BCUT2D eigenvalue weighted by atomic mass is 10.4. The van der Waals surface area contributed by atoms with Crippen molar-refractivity contribution in [2.24, 2.45) is 0 Å². The monoisotopic (exact) mass is 387 g/mol. The summed E-state index contributed by atoms with van der Waals surface area (Å²) < 4.78 is 36.1. The van der Waals surface area contributed by atoms with Crippen molar-refractivity contribution in [3.63, 3.8) is 0 Å². The first kappa shape index (κ1) is 19.0. The summed E-state index contributed by atoms with van der Waals surface area (Å²) in [5.74, 6) is 0.0140. The van der Waals surface area contributed by atoms with Gasteiger partial charge >= 0.3 is 7.60 Å². The number of nitrogens with one attached hydrogen (secondary N) is 1. The number of aromatic nitrogens is 4. The molecule has 1 aliphatic rings. The predicted octanol–water partition coefficient (Wildman–Crippen LogP) is 0.709. The van der Waals surface area contributed by atoms with Crippen LogP contribution < -0.4 is 11.3 Å². The Morgan fingerprint density at radius 3 is 2.85 bits per heavy atom. The molecule has 3 heterocycles. The Hall–Kier alpha value is -1.78. The number of hydrogen-bond acceptors (Lipinski definition) is 9. The van der Waals surface area contributed by atoms with Crippen molar-refractivity contribution < 1.29 is 23.1 Å². The quantitative estimate of drug-likeness (QED) is 0.626. The summed E-state index contributed by atoms with van der Waals surface area (Å²) in [5, 5.41) is 0. The van der Waals surface area contributed by atoms with E-state index in [2.05, 4.69) is 15.0 Å². The van der Waals surface area contributed by atoms with Crippen LogP contribution in [0.25, 0.3) is 11.2 Å². The molecule has 1 aliphatic heterocycles. The van der Waals surface area contributed by atoms with Gasteiger partial charge in [-0.25, -0.2) is 4.98 Å². The van der Waals surface area contributed by atoms with Crippen LogP contribution >= 0.6 is 7.60 Å². The molecule has 0 spiro atoms. The SMILES string of the molecule is CCOP(=O)(C[C@H]1OC[C@H](Cn2cnc3c(=O)[nH]c(N)nc32)O1)OCC. The third-order valence-corrected chi connectivity index (χ3v) is 5.78. The molecule has 0 saturated carbocycles. The van der Waals surface area contributed by atoms with Gasteiger partial charge in [0.2, 0.25) is 5.95 Å². The summed E-state index contributed by atoms with van der Waals surface area (Å²) in [6.45, 7) is 4.69. The summed E-state index contributed by atoms with van der Waals surface area (Å²) in [5.41, 5.74) is 5.75. The number of nitrogens with zero attached hydrogens (tertiary/aromatic N) is 3. The highest BCUT2D eigenvalue weighted by Crippen LogP contribution is 2.49. The van der Waals surface area contributed by atoms with Gasteiger partial charge in [0.05, 0.1) is 32.7 Å². The van der Waals surface area contributed by atoms with Gasteiger partial charge in [0.25, 0.3) is 5.56 Å². The maximum atomic E-state index is 12.6. The van der Waals surface area contributed by atoms with Crippen molar-refractivity contribution in [1.82, 2.24) is 19.5 Å². The molecule has 0 unspecified atom stereocenters. The van der Waals surface area contributed by atoms with E-state index in [0.29, 0.717) is 18.8 Å². The van der Waals surface area contributed by atoms with E-state index in [1.165, 1.54) is 6.33 Å². The van der Waals surface area contributed by atoms with E-state index < -0.39 is 19.4 Å². The average Bonchev–Trinajstić information content (AvgIpc) is 3.15. The number of anilines is 1. The first-order valence-corrected chi connectivity index (χ1v) is 10.0. The number of hydrogen-bond donors (Lipinski definition) is 2. The van der Waals surface area contributed by atoms with Crippen molar-refractivity contribution in [1.29, 1.82) is 0 Å². The highest BCUT2D eigenvalue weighted by atomic mass is 31.2. The number of rotatable bonds is 8. The Morgan fingerprint density at radius 1 is 1.42 bits per heavy atom.